The second-order valence-electron chi connectivity index (χ2n) is 7.66. The number of carbonyl (C=O) groups is 2. The van der Waals surface area contributed by atoms with E-state index in [4.69, 9.17) is 0 Å². The Bertz CT molecular complexity index is 1070. The molecule has 1 fully saturated rings. The number of rotatable bonds is 4. The largest absolute Gasteiger partial charge is 0.344 e. The first-order chi connectivity index (χ1) is 14.4. The van der Waals surface area contributed by atoms with E-state index in [1.54, 1.807) is 18.3 Å². The monoisotopic (exact) mass is 431 g/mol. The average molecular weight is 432 g/mol. The van der Waals surface area contributed by atoms with Crippen LogP contribution in [0.1, 0.15) is 36.1 Å². The van der Waals surface area contributed by atoms with Crippen LogP contribution >= 0.6 is 0 Å². The lowest BCUT2D eigenvalue weighted by atomic mass is 10.2. The zero-order valence-corrected chi connectivity index (χ0v) is 17.7. The summed E-state index contributed by atoms with van der Waals surface area (Å²) in [5.41, 5.74) is 2.99. The fourth-order valence-electron chi connectivity index (χ4n) is 3.93. The van der Waals surface area contributed by atoms with Gasteiger partial charge in [0.05, 0.1) is 11.1 Å². The molecule has 2 aromatic rings. The molecule has 3 heterocycles. The number of aryl methyl sites for hydroxylation is 1. The van der Waals surface area contributed by atoms with Gasteiger partial charge in [0, 0.05) is 43.1 Å². The minimum absolute atomic E-state index is 0.209. The van der Waals surface area contributed by atoms with E-state index in [2.05, 4.69) is 15.5 Å². The van der Waals surface area contributed by atoms with Gasteiger partial charge in [0.15, 0.2) is 0 Å². The second kappa shape index (κ2) is 8.19. The number of anilines is 1. The molecule has 0 unspecified atom stereocenters. The van der Waals surface area contributed by atoms with E-state index >= 15 is 0 Å². The molecule has 1 aromatic heterocycles. The Balaban J connectivity index is 1.47. The molecule has 0 spiro atoms. The van der Waals surface area contributed by atoms with E-state index in [1.807, 2.05) is 6.92 Å². The van der Waals surface area contributed by atoms with Crippen LogP contribution in [0, 0.1) is 6.92 Å². The first kappa shape index (κ1) is 20.5. The van der Waals surface area contributed by atoms with Crippen LogP contribution in [0.15, 0.2) is 29.3 Å². The highest BCUT2D eigenvalue weighted by atomic mass is 32.2. The summed E-state index contributed by atoms with van der Waals surface area (Å²) in [4.78, 5) is 26.6. The summed E-state index contributed by atoms with van der Waals surface area (Å²) in [6.45, 7) is 3.48. The normalized spacial score (nSPS) is 17.0. The van der Waals surface area contributed by atoms with Gasteiger partial charge in [0.25, 0.3) is 0 Å². The number of carbonyl (C=O) groups excluding carboxylic acids is 2. The zero-order chi connectivity index (χ0) is 21.3. The molecule has 2 amide bonds. The van der Waals surface area contributed by atoms with Crippen molar-refractivity contribution in [1.29, 1.82) is 0 Å². The van der Waals surface area contributed by atoms with Gasteiger partial charge in [0.1, 0.15) is 0 Å². The first-order valence-corrected chi connectivity index (χ1v) is 11.5. The Morgan fingerprint density at radius 2 is 1.93 bits per heavy atom. The predicted molar refractivity (Wildman–Crippen MR) is 110 cm³/mol. The lowest BCUT2D eigenvalue weighted by Gasteiger charge is -2.26. The van der Waals surface area contributed by atoms with Crippen LogP contribution in [0.2, 0.25) is 0 Å². The molecule has 2 N–H and O–H groups in total. The van der Waals surface area contributed by atoms with Crippen LogP contribution < -0.4 is 10.2 Å². The van der Waals surface area contributed by atoms with Crippen molar-refractivity contribution in [1.82, 2.24) is 19.8 Å². The molecule has 0 saturated carbocycles. The number of sulfonamides is 1. The molecule has 0 bridgehead atoms. The Kier molecular flexibility index (Phi) is 5.61. The van der Waals surface area contributed by atoms with Gasteiger partial charge in [-0.15, -0.1) is 0 Å². The molecule has 30 heavy (non-hydrogen) atoms. The fraction of sp³-hybridized carbons (Fsp3) is 0.450. The highest BCUT2D eigenvalue weighted by molar-refractivity contribution is 7.89. The number of hydrogen-bond acceptors (Lipinski definition) is 5. The van der Waals surface area contributed by atoms with E-state index in [9.17, 15) is 18.0 Å². The zero-order valence-electron chi connectivity index (χ0n) is 16.8. The van der Waals surface area contributed by atoms with E-state index in [0.29, 0.717) is 31.7 Å². The highest BCUT2D eigenvalue weighted by Gasteiger charge is 2.32. The molecular formula is C20H25N5O4S. The molecule has 9 nitrogen and oxygen atoms in total. The van der Waals surface area contributed by atoms with Gasteiger partial charge in [-0.2, -0.15) is 9.40 Å². The molecule has 2 aliphatic rings. The smallest absolute Gasteiger partial charge is 0.316 e. The average Bonchev–Trinajstić information content (AvgIpc) is 3.37. The SMILES string of the molecule is Cc1[nH]ncc1CNC(=O)C(=O)N1CCc2cc(S(=O)(=O)N3CCCCC3)ccc21. The van der Waals surface area contributed by atoms with Gasteiger partial charge in [-0.05, 0) is 49.9 Å². The Morgan fingerprint density at radius 3 is 2.63 bits per heavy atom. The number of amides is 2. The Labute approximate surface area is 175 Å². The minimum Gasteiger partial charge on any atom is -0.344 e. The summed E-state index contributed by atoms with van der Waals surface area (Å²) >= 11 is 0. The standard InChI is InChI=1S/C20H25N5O4S/c1-14-16(13-22-23-14)12-21-19(26)20(27)25-10-7-15-11-17(5-6-18(15)25)30(28,29)24-8-3-2-4-9-24/h5-6,11,13H,2-4,7-10,12H2,1H3,(H,21,26)(H,22,23). The van der Waals surface area contributed by atoms with Gasteiger partial charge < -0.3 is 10.2 Å². The van der Waals surface area contributed by atoms with E-state index in [-0.39, 0.29) is 11.4 Å². The quantitative estimate of drug-likeness (QED) is 0.704. The third-order valence-electron chi connectivity index (χ3n) is 5.71. The minimum atomic E-state index is -3.53. The molecule has 0 atom stereocenters. The molecular weight excluding hydrogens is 406 g/mol. The molecule has 2 aliphatic heterocycles. The maximum atomic E-state index is 12.9. The van der Waals surface area contributed by atoms with E-state index in [0.717, 1.165) is 36.1 Å². The van der Waals surface area contributed by atoms with E-state index in [1.165, 1.54) is 15.3 Å². The third-order valence-corrected chi connectivity index (χ3v) is 7.61. The number of nitrogens with one attached hydrogen (secondary N) is 2. The number of benzene rings is 1. The van der Waals surface area contributed by atoms with Crippen molar-refractivity contribution < 1.29 is 18.0 Å². The molecule has 160 valence electrons. The molecule has 10 heteroatoms. The summed E-state index contributed by atoms with van der Waals surface area (Å²) in [7, 11) is -3.53. The van der Waals surface area contributed by atoms with Gasteiger partial charge in [-0.3, -0.25) is 14.7 Å². The topological polar surface area (TPSA) is 115 Å². The number of fused-ring (bicyclic) bond motifs is 1. The second-order valence-corrected chi connectivity index (χ2v) is 9.60. The maximum absolute atomic E-state index is 12.9. The third kappa shape index (κ3) is 3.84. The predicted octanol–water partition coefficient (Wildman–Crippen LogP) is 1.10. The fourth-order valence-corrected chi connectivity index (χ4v) is 5.50. The lowest BCUT2D eigenvalue weighted by molar-refractivity contribution is -0.137. The lowest BCUT2D eigenvalue weighted by Crippen LogP contribution is -2.42. The highest BCUT2D eigenvalue weighted by Crippen LogP contribution is 2.31. The maximum Gasteiger partial charge on any atom is 0.316 e. The van der Waals surface area contributed by atoms with Gasteiger partial charge >= 0.3 is 11.8 Å². The molecule has 0 aliphatic carbocycles. The van der Waals surface area contributed by atoms with Crippen molar-refractivity contribution in [3.05, 3.63) is 41.2 Å². The number of hydrogen-bond donors (Lipinski definition) is 2. The number of nitrogens with zero attached hydrogens (tertiary/aromatic N) is 3. The summed E-state index contributed by atoms with van der Waals surface area (Å²) in [6.07, 6.45) is 4.92. The van der Waals surface area contributed by atoms with Gasteiger partial charge in [-0.1, -0.05) is 6.42 Å². The molecule has 4 rings (SSSR count). The summed E-state index contributed by atoms with van der Waals surface area (Å²) in [5, 5.41) is 9.29. The van der Waals surface area contributed by atoms with Crippen LogP contribution in [0.25, 0.3) is 0 Å². The summed E-state index contributed by atoms with van der Waals surface area (Å²) in [6, 6.07) is 4.80. The Morgan fingerprint density at radius 1 is 1.17 bits per heavy atom. The van der Waals surface area contributed by atoms with Gasteiger partial charge in [-0.25, -0.2) is 8.42 Å². The first-order valence-electron chi connectivity index (χ1n) is 10.1. The van der Waals surface area contributed by atoms with Crippen LogP contribution in [0.4, 0.5) is 5.69 Å². The van der Waals surface area contributed by atoms with Crippen molar-refractivity contribution in [2.75, 3.05) is 24.5 Å². The molecule has 0 radical (unpaired) electrons. The number of aromatic amines is 1. The summed E-state index contributed by atoms with van der Waals surface area (Å²) in [5.74, 6) is -1.35. The van der Waals surface area contributed by atoms with Crippen LogP contribution in [0.3, 0.4) is 0 Å². The number of aromatic nitrogens is 2. The van der Waals surface area contributed by atoms with Crippen molar-refractivity contribution in [3.8, 4) is 0 Å². The van der Waals surface area contributed by atoms with E-state index < -0.39 is 21.8 Å². The number of piperidine rings is 1. The van der Waals surface area contributed by atoms with Crippen LogP contribution in [-0.4, -0.2) is 54.4 Å². The van der Waals surface area contributed by atoms with Gasteiger partial charge in [0.2, 0.25) is 10.0 Å². The van der Waals surface area contributed by atoms with Crippen LogP contribution in [-0.2, 0) is 32.6 Å². The van der Waals surface area contributed by atoms with Crippen molar-refractivity contribution in [3.63, 3.8) is 0 Å². The molecule has 1 aromatic carbocycles. The van der Waals surface area contributed by atoms with Crippen molar-refractivity contribution in [2.24, 2.45) is 0 Å². The molecule has 1 saturated heterocycles. The summed E-state index contributed by atoms with van der Waals surface area (Å²) < 4.78 is 27.3. The van der Waals surface area contributed by atoms with Crippen molar-refractivity contribution >= 4 is 27.5 Å². The Hall–Kier alpha value is -2.72. The van der Waals surface area contributed by atoms with Crippen molar-refractivity contribution in [2.45, 2.75) is 44.0 Å². The number of H-pyrrole nitrogens is 1. The van der Waals surface area contributed by atoms with Crippen LogP contribution in [0.5, 0.6) is 0 Å².